The molecule has 0 fully saturated rings. The summed E-state index contributed by atoms with van der Waals surface area (Å²) in [6, 6.07) is 81.6. The highest BCUT2D eigenvalue weighted by atomic mass is 15.1. The van der Waals surface area contributed by atoms with Crippen molar-refractivity contribution in [1.29, 1.82) is 0 Å². The molecule has 0 heterocycles. The normalized spacial score (nSPS) is 11.3. The lowest BCUT2D eigenvalue weighted by Crippen LogP contribution is -2.12. The molecule has 55 heavy (non-hydrogen) atoms. The molecule has 1 heteroatoms. The van der Waals surface area contributed by atoms with E-state index in [1.807, 2.05) is 0 Å². The van der Waals surface area contributed by atoms with E-state index in [0.717, 1.165) is 17.1 Å². The molecule has 10 aromatic rings. The van der Waals surface area contributed by atoms with Crippen molar-refractivity contribution in [2.45, 2.75) is 0 Å². The van der Waals surface area contributed by atoms with Crippen molar-refractivity contribution >= 4 is 49.4 Å². The summed E-state index contributed by atoms with van der Waals surface area (Å²) >= 11 is 0. The van der Waals surface area contributed by atoms with Crippen molar-refractivity contribution in [2.75, 3.05) is 4.90 Å². The van der Waals surface area contributed by atoms with Gasteiger partial charge in [-0.25, -0.2) is 0 Å². The molecule has 10 rings (SSSR count). The Balaban J connectivity index is 1.25. The first-order valence-electron chi connectivity index (χ1n) is 18.9. The molecular formula is C54H37N. The second-order valence-electron chi connectivity index (χ2n) is 14.1. The Morgan fingerprint density at radius 3 is 1.38 bits per heavy atom. The molecule has 0 aliphatic heterocycles. The predicted molar refractivity (Wildman–Crippen MR) is 235 cm³/mol. The van der Waals surface area contributed by atoms with Gasteiger partial charge in [-0.15, -0.1) is 0 Å². The fourth-order valence-corrected chi connectivity index (χ4v) is 8.17. The van der Waals surface area contributed by atoms with E-state index in [2.05, 4.69) is 229 Å². The van der Waals surface area contributed by atoms with E-state index in [4.69, 9.17) is 0 Å². The van der Waals surface area contributed by atoms with Crippen molar-refractivity contribution in [2.24, 2.45) is 0 Å². The molecule has 0 saturated heterocycles. The Hall–Kier alpha value is -7.22. The molecule has 0 amide bonds. The molecule has 0 saturated carbocycles. The third-order valence-electron chi connectivity index (χ3n) is 10.8. The summed E-state index contributed by atoms with van der Waals surface area (Å²) in [5.74, 6) is 0. The van der Waals surface area contributed by atoms with Gasteiger partial charge in [0.05, 0.1) is 5.69 Å². The maximum absolute atomic E-state index is 2.43. The van der Waals surface area contributed by atoms with E-state index in [1.54, 1.807) is 0 Å². The Kier molecular flexibility index (Phi) is 8.24. The van der Waals surface area contributed by atoms with Crippen LogP contribution in [0.2, 0.25) is 0 Å². The number of hydrogen-bond acceptors (Lipinski definition) is 1. The zero-order valence-corrected chi connectivity index (χ0v) is 30.3. The van der Waals surface area contributed by atoms with E-state index >= 15 is 0 Å². The maximum Gasteiger partial charge on any atom is 0.0546 e. The van der Waals surface area contributed by atoms with E-state index in [9.17, 15) is 0 Å². The summed E-state index contributed by atoms with van der Waals surface area (Å²) in [5, 5.41) is 7.45. The molecule has 0 radical (unpaired) electrons. The SMILES string of the molecule is c1ccc(-c2ccc(N(c3ccc(-c4ccccc4)cc3)c3cccc(-c4cc5ccccc5c5ccccc45)c3-c3ccc4ccccc4c3)cc2)cc1. The summed E-state index contributed by atoms with van der Waals surface area (Å²) in [4.78, 5) is 2.43. The number of nitrogens with zero attached hydrogens (tertiary/aromatic N) is 1. The van der Waals surface area contributed by atoms with E-state index < -0.39 is 0 Å². The molecule has 10 aromatic carbocycles. The van der Waals surface area contributed by atoms with Crippen LogP contribution in [-0.4, -0.2) is 0 Å². The van der Waals surface area contributed by atoms with Gasteiger partial charge in [-0.3, -0.25) is 0 Å². The molecule has 0 aromatic heterocycles. The smallest absolute Gasteiger partial charge is 0.0546 e. The molecule has 0 aliphatic rings. The van der Waals surface area contributed by atoms with Gasteiger partial charge in [-0.05, 0) is 114 Å². The zero-order chi connectivity index (χ0) is 36.6. The van der Waals surface area contributed by atoms with Crippen molar-refractivity contribution in [3.8, 4) is 44.5 Å². The van der Waals surface area contributed by atoms with Gasteiger partial charge >= 0.3 is 0 Å². The number of benzene rings is 10. The zero-order valence-electron chi connectivity index (χ0n) is 30.3. The fraction of sp³-hybridized carbons (Fsp3) is 0. The minimum absolute atomic E-state index is 1.09. The van der Waals surface area contributed by atoms with Crippen LogP contribution in [0.1, 0.15) is 0 Å². The monoisotopic (exact) mass is 699 g/mol. The average Bonchev–Trinajstić information content (AvgIpc) is 3.27. The molecule has 0 bridgehead atoms. The maximum atomic E-state index is 2.43. The lowest BCUT2D eigenvalue weighted by molar-refractivity contribution is 1.28. The van der Waals surface area contributed by atoms with E-state index in [1.165, 1.54) is 76.8 Å². The summed E-state index contributed by atoms with van der Waals surface area (Å²) in [7, 11) is 0. The summed E-state index contributed by atoms with van der Waals surface area (Å²) in [5.41, 5.74) is 12.9. The quantitative estimate of drug-likeness (QED) is 0.150. The molecule has 0 unspecified atom stereocenters. The van der Waals surface area contributed by atoms with E-state index in [-0.39, 0.29) is 0 Å². The first-order chi connectivity index (χ1) is 27.3. The Labute approximate surface area is 322 Å². The van der Waals surface area contributed by atoms with Gasteiger partial charge in [0.15, 0.2) is 0 Å². The molecule has 0 N–H and O–H groups in total. The highest BCUT2D eigenvalue weighted by Crippen LogP contribution is 2.48. The Morgan fingerprint density at radius 2 is 0.745 bits per heavy atom. The molecule has 0 atom stereocenters. The van der Waals surface area contributed by atoms with Gasteiger partial charge < -0.3 is 4.90 Å². The molecular weight excluding hydrogens is 663 g/mol. The van der Waals surface area contributed by atoms with Crippen molar-refractivity contribution in [3.05, 3.63) is 224 Å². The summed E-state index contributed by atoms with van der Waals surface area (Å²) in [6.07, 6.45) is 0. The lowest BCUT2D eigenvalue weighted by Gasteiger charge is -2.30. The Morgan fingerprint density at radius 1 is 0.255 bits per heavy atom. The minimum atomic E-state index is 1.09. The third kappa shape index (κ3) is 6.02. The lowest BCUT2D eigenvalue weighted by atomic mass is 9.87. The highest BCUT2D eigenvalue weighted by Gasteiger charge is 2.22. The van der Waals surface area contributed by atoms with Crippen LogP contribution in [-0.2, 0) is 0 Å². The van der Waals surface area contributed by atoms with Crippen LogP contribution in [0.3, 0.4) is 0 Å². The van der Waals surface area contributed by atoms with Gasteiger partial charge in [-0.1, -0.05) is 182 Å². The predicted octanol–water partition coefficient (Wildman–Crippen LogP) is 15.3. The average molecular weight is 700 g/mol. The largest absolute Gasteiger partial charge is 0.310 e. The highest BCUT2D eigenvalue weighted by molar-refractivity contribution is 6.16. The number of fused-ring (bicyclic) bond motifs is 4. The topological polar surface area (TPSA) is 3.24 Å². The van der Waals surface area contributed by atoms with Crippen LogP contribution in [0.4, 0.5) is 17.1 Å². The summed E-state index contributed by atoms with van der Waals surface area (Å²) in [6.45, 7) is 0. The third-order valence-corrected chi connectivity index (χ3v) is 10.8. The first-order valence-corrected chi connectivity index (χ1v) is 18.9. The number of anilines is 3. The first kappa shape index (κ1) is 32.4. The van der Waals surface area contributed by atoms with Gasteiger partial charge in [0.1, 0.15) is 0 Å². The number of rotatable bonds is 7. The molecule has 1 nitrogen and oxygen atoms in total. The van der Waals surface area contributed by atoms with Crippen LogP contribution >= 0.6 is 0 Å². The van der Waals surface area contributed by atoms with Gasteiger partial charge in [0.2, 0.25) is 0 Å². The van der Waals surface area contributed by atoms with Crippen LogP contribution in [0.15, 0.2) is 224 Å². The number of hydrogen-bond donors (Lipinski definition) is 0. The Bertz CT molecular complexity index is 2860. The van der Waals surface area contributed by atoms with E-state index in [0.29, 0.717) is 0 Å². The molecule has 258 valence electrons. The van der Waals surface area contributed by atoms with Gasteiger partial charge in [0.25, 0.3) is 0 Å². The van der Waals surface area contributed by atoms with Crippen LogP contribution in [0, 0.1) is 0 Å². The fourth-order valence-electron chi connectivity index (χ4n) is 8.17. The van der Waals surface area contributed by atoms with Crippen LogP contribution < -0.4 is 4.90 Å². The van der Waals surface area contributed by atoms with Crippen LogP contribution in [0.5, 0.6) is 0 Å². The standard InChI is InChI=1S/C54H37N/c1-3-14-38(15-4-1)41-28-32-46(33-29-41)55(47-34-30-42(31-35-47)39-16-5-2-6-17-39)53-25-13-24-51(54(53)45-27-26-40-18-7-8-19-43(40)36-45)52-37-44-20-9-10-21-48(44)49-22-11-12-23-50(49)52/h1-37H. The second-order valence-corrected chi connectivity index (χ2v) is 14.1. The molecule has 0 spiro atoms. The van der Waals surface area contributed by atoms with Crippen molar-refractivity contribution in [1.82, 2.24) is 0 Å². The summed E-state index contributed by atoms with van der Waals surface area (Å²) < 4.78 is 0. The van der Waals surface area contributed by atoms with Crippen molar-refractivity contribution < 1.29 is 0 Å². The minimum Gasteiger partial charge on any atom is -0.310 e. The molecule has 0 aliphatic carbocycles. The van der Waals surface area contributed by atoms with Crippen molar-refractivity contribution in [3.63, 3.8) is 0 Å². The van der Waals surface area contributed by atoms with Gasteiger partial charge in [-0.2, -0.15) is 0 Å². The van der Waals surface area contributed by atoms with Gasteiger partial charge in [0, 0.05) is 16.9 Å². The van der Waals surface area contributed by atoms with Crippen LogP contribution in [0.25, 0.3) is 76.8 Å². The second kappa shape index (κ2) is 14.0.